The van der Waals surface area contributed by atoms with Gasteiger partial charge < -0.3 is 5.32 Å². The Morgan fingerprint density at radius 2 is 1.96 bits per heavy atom. The Balaban J connectivity index is 1.82. The van der Waals surface area contributed by atoms with Crippen molar-refractivity contribution in [1.29, 1.82) is 0 Å². The number of hydrogen-bond acceptors (Lipinski definition) is 5. The lowest BCUT2D eigenvalue weighted by Crippen LogP contribution is -2.25. The van der Waals surface area contributed by atoms with Crippen LogP contribution in [0.25, 0.3) is 5.69 Å². The molecular formula is C16H12FN5O3S. The molecule has 3 aromatic rings. The number of halogens is 1. The number of hydrogen-bond donors (Lipinski definition) is 2. The summed E-state index contributed by atoms with van der Waals surface area (Å²) >= 11 is 5.17. The van der Waals surface area contributed by atoms with E-state index >= 15 is 0 Å². The minimum atomic E-state index is -0.626. The molecule has 8 nitrogen and oxygen atoms in total. The van der Waals surface area contributed by atoms with E-state index in [2.05, 4.69) is 15.5 Å². The van der Waals surface area contributed by atoms with E-state index in [1.54, 1.807) is 6.07 Å². The third-order valence-electron chi connectivity index (χ3n) is 3.59. The van der Waals surface area contributed by atoms with Gasteiger partial charge in [0.05, 0.1) is 22.7 Å². The highest BCUT2D eigenvalue weighted by Crippen LogP contribution is 2.17. The van der Waals surface area contributed by atoms with Crippen molar-refractivity contribution in [1.82, 2.24) is 20.1 Å². The monoisotopic (exact) mass is 373 g/mol. The summed E-state index contributed by atoms with van der Waals surface area (Å²) in [6.07, 6.45) is 0. The van der Waals surface area contributed by atoms with Gasteiger partial charge in [0, 0.05) is 12.1 Å². The third-order valence-corrected chi connectivity index (χ3v) is 3.86. The quantitative estimate of drug-likeness (QED) is 0.406. The maximum absolute atomic E-state index is 13.7. The second-order valence-electron chi connectivity index (χ2n) is 5.22. The number of nitro benzene ring substituents is 1. The van der Waals surface area contributed by atoms with Crippen LogP contribution in [0.3, 0.4) is 0 Å². The molecule has 1 amide bonds. The van der Waals surface area contributed by atoms with Gasteiger partial charge in [0.1, 0.15) is 5.82 Å². The molecule has 2 N–H and O–H groups in total. The number of aromatic nitrogens is 3. The molecule has 0 fully saturated rings. The Morgan fingerprint density at radius 1 is 1.27 bits per heavy atom. The summed E-state index contributed by atoms with van der Waals surface area (Å²) in [4.78, 5) is 22.4. The smallest absolute Gasteiger partial charge is 0.269 e. The normalized spacial score (nSPS) is 10.5. The molecule has 0 aliphatic heterocycles. The third kappa shape index (κ3) is 3.49. The first-order valence-corrected chi connectivity index (χ1v) is 7.82. The Morgan fingerprint density at radius 3 is 2.62 bits per heavy atom. The van der Waals surface area contributed by atoms with Crippen molar-refractivity contribution in [2.24, 2.45) is 0 Å². The number of nitro groups is 1. The molecule has 0 saturated heterocycles. The lowest BCUT2D eigenvalue weighted by Gasteiger charge is -2.08. The number of nitrogens with zero attached hydrogens (tertiary/aromatic N) is 3. The fourth-order valence-corrected chi connectivity index (χ4v) is 2.59. The van der Waals surface area contributed by atoms with Crippen LogP contribution in [0.2, 0.25) is 0 Å². The van der Waals surface area contributed by atoms with E-state index in [1.807, 2.05) is 0 Å². The highest BCUT2D eigenvalue weighted by atomic mass is 32.1. The van der Waals surface area contributed by atoms with Gasteiger partial charge in [-0.1, -0.05) is 12.1 Å². The van der Waals surface area contributed by atoms with Crippen molar-refractivity contribution in [3.63, 3.8) is 0 Å². The highest BCUT2D eigenvalue weighted by Gasteiger charge is 2.14. The van der Waals surface area contributed by atoms with E-state index < -0.39 is 16.6 Å². The molecule has 1 aromatic heterocycles. The number of amides is 1. The minimum Gasteiger partial charge on any atom is -0.345 e. The van der Waals surface area contributed by atoms with Crippen LogP contribution in [0.4, 0.5) is 10.1 Å². The fraction of sp³-hybridized carbons (Fsp3) is 0.0625. The van der Waals surface area contributed by atoms with Crippen LogP contribution in [-0.4, -0.2) is 25.6 Å². The summed E-state index contributed by atoms with van der Waals surface area (Å²) in [5.74, 6) is -0.847. The zero-order valence-electron chi connectivity index (χ0n) is 13.2. The predicted molar refractivity (Wildman–Crippen MR) is 93.0 cm³/mol. The fourth-order valence-electron chi connectivity index (χ4n) is 2.34. The largest absolute Gasteiger partial charge is 0.345 e. The van der Waals surface area contributed by atoms with Crippen LogP contribution in [-0.2, 0) is 6.54 Å². The molecule has 0 unspecified atom stereocenters. The van der Waals surface area contributed by atoms with E-state index in [4.69, 9.17) is 12.2 Å². The number of carbonyl (C=O) groups is 1. The lowest BCUT2D eigenvalue weighted by atomic mass is 10.2. The number of H-pyrrole nitrogens is 1. The van der Waals surface area contributed by atoms with Crippen LogP contribution in [0.15, 0.2) is 48.5 Å². The van der Waals surface area contributed by atoms with E-state index in [-0.39, 0.29) is 22.6 Å². The zero-order valence-corrected chi connectivity index (χ0v) is 14.0. The number of benzene rings is 2. The molecular weight excluding hydrogens is 361 g/mol. The summed E-state index contributed by atoms with van der Waals surface area (Å²) in [6.45, 7) is -0.0166. The molecule has 1 heterocycles. The maximum atomic E-state index is 13.7. The van der Waals surface area contributed by atoms with Crippen LogP contribution in [0.1, 0.15) is 16.2 Å². The summed E-state index contributed by atoms with van der Waals surface area (Å²) in [5.41, 5.74) is 0.408. The van der Waals surface area contributed by atoms with Crippen molar-refractivity contribution in [2.45, 2.75) is 6.54 Å². The average Bonchev–Trinajstić information content (AvgIpc) is 3.00. The first kappa shape index (κ1) is 17.4. The number of rotatable bonds is 5. The molecule has 0 radical (unpaired) electrons. The van der Waals surface area contributed by atoms with Gasteiger partial charge in [-0.2, -0.15) is 5.10 Å². The second kappa shape index (κ2) is 7.23. The number of carbonyl (C=O) groups excluding carboxylic acids is 1. The van der Waals surface area contributed by atoms with Crippen molar-refractivity contribution >= 4 is 23.8 Å². The Bertz CT molecular complexity index is 1030. The highest BCUT2D eigenvalue weighted by molar-refractivity contribution is 7.71. The van der Waals surface area contributed by atoms with E-state index in [0.29, 0.717) is 11.5 Å². The minimum absolute atomic E-state index is 0.0166. The molecule has 0 saturated carbocycles. The van der Waals surface area contributed by atoms with Crippen molar-refractivity contribution in [3.05, 3.63) is 80.6 Å². The number of nitrogens with one attached hydrogen (secondary N) is 2. The van der Waals surface area contributed by atoms with Crippen LogP contribution >= 0.6 is 12.2 Å². The molecule has 3 rings (SSSR count). The molecule has 0 spiro atoms. The SMILES string of the molecule is O=C(NCc1n[nH]c(=S)n1-c1ccc([N+](=O)[O-])cc1)c1ccccc1F. The molecule has 26 heavy (non-hydrogen) atoms. The summed E-state index contributed by atoms with van der Waals surface area (Å²) in [7, 11) is 0. The molecule has 2 aromatic carbocycles. The van der Waals surface area contributed by atoms with Gasteiger partial charge in [0.2, 0.25) is 0 Å². The van der Waals surface area contributed by atoms with Crippen LogP contribution < -0.4 is 5.32 Å². The van der Waals surface area contributed by atoms with Gasteiger partial charge in [-0.3, -0.25) is 24.6 Å². The van der Waals surface area contributed by atoms with Gasteiger partial charge in [-0.25, -0.2) is 4.39 Å². The molecule has 132 valence electrons. The molecule has 10 heteroatoms. The molecule has 0 bridgehead atoms. The molecule has 0 atom stereocenters. The van der Waals surface area contributed by atoms with Crippen LogP contribution in [0.5, 0.6) is 0 Å². The van der Waals surface area contributed by atoms with E-state index in [9.17, 15) is 19.3 Å². The first-order valence-electron chi connectivity index (χ1n) is 7.41. The average molecular weight is 373 g/mol. The number of non-ortho nitro benzene ring substituents is 1. The first-order chi connectivity index (χ1) is 12.5. The van der Waals surface area contributed by atoms with Gasteiger partial charge >= 0.3 is 0 Å². The number of aromatic amines is 1. The van der Waals surface area contributed by atoms with Crippen molar-refractivity contribution in [2.75, 3.05) is 0 Å². The maximum Gasteiger partial charge on any atom is 0.269 e. The van der Waals surface area contributed by atoms with Gasteiger partial charge in [-0.05, 0) is 36.5 Å². The Hall–Kier alpha value is -3.40. The van der Waals surface area contributed by atoms with Gasteiger partial charge in [-0.15, -0.1) is 0 Å². The van der Waals surface area contributed by atoms with E-state index in [1.165, 1.54) is 47.0 Å². The van der Waals surface area contributed by atoms with Crippen molar-refractivity contribution in [3.8, 4) is 5.69 Å². The standard InChI is InChI=1S/C16H12FN5O3S/c17-13-4-2-1-3-12(13)15(23)18-9-14-19-20-16(26)21(14)10-5-7-11(8-6-10)22(24)25/h1-8H,9H2,(H,18,23)(H,20,26). The lowest BCUT2D eigenvalue weighted by molar-refractivity contribution is -0.384. The van der Waals surface area contributed by atoms with Gasteiger partial charge in [0.15, 0.2) is 10.6 Å². The zero-order chi connectivity index (χ0) is 18.7. The topological polar surface area (TPSA) is 106 Å². The summed E-state index contributed by atoms with van der Waals surface area (Å²) < 4.78 is 15.4. The van der Waals surface area contributed by atoms with Gasteiger partial charge in [0.25, 0.3) is 11.6 Å². The summed E-state index contributed by atoms with van der Waals surface area (Å²) in [5, 5.41) is 20.0. The second-order valence-corrected chi connectivity index (χ2v) is 5.60. The molecule has 0 aliphatic carbocycles. The molecule has 0 aliphatic rings. The van der Waals surface area contributed by atoms with E-state index in [0.717, 1.165) is 0 Å². The predicted octanol–water partition coefficient (Wildman–Crippen LogP) is 2.91. The van der Waals surface area contributed by atoms with Crippen molar-refractivity contribution < 1.29 is 14.1 Å². The van der Waals surface area contributed by atoms with Crippen LogP contribution in [0, 0.1) is 20.7 Å². The Kier molecular flexibility index (Phi) is 4.85. The Labute approximate surface area is 151 Å². The summed E-state index contributed by atoms with van der Waals surface area (Å²) in [6, 6.07) is 11.3.